The van der Waals surface area contributed by atoms with E-state index in [0.717, 1.165) is 10.6 Å². The van der Waals surface area contributed by atoms with Crippen molar-refractivity contribution < 1.29 is 27.1 Å². The van der Waals surface area contributed by atoms with Crippen LogP contribution in [0.1, 0.15) is 26.3 Å². The zero-order valence-corrected chi connectivity index (χ0v) is 20.1. The lowest BCUT2D eigenvalue weighted by Gasteiger charge is -2.23. The van der Waals surface area contributed by atoms with E-state index in [2.05, 4.69) is 10.6 Å². The molecule has 0 unspecified atom stereocenters. The molecule has 0 heterocycles. The maximum absolute atomic E-state index is 14.1. The number of amides is 2. The van der Waals surface area contributed by atoms with Crippen LogP contribution in [0, 0.1) is 5.82 Å². The van der Waals surface area contributed by atoms with Crippen LogP contribution < -0.4 is 14.9 Å². The minimum Gasteiger partial charge on any atom is -0.383 e. The molecule has 3 aromatic rings. The van der Waals surface area contributed by atoms with Gasteiger partial charge in [-0.3, -0.25) is 13.9 Å². The standard InChI is InChI=1S/C25H26FN3O5S/c1-34-16-15-27-25(31)21-8-4-6-10-23(21)28-24(30)18-11-13-20(14-12-18)29(35(2,32)33)17-19-7-3-5-9-22(19)26/h3-14H,15-17H2,1-2H3,(H,27,31)(H,28,30). The molecule has 0 saturated heterocycles. The van der Waals surface area contributed by atoms with Gasteiger partial charge in [-0.05, 0) is 42.5 Å². The molecule has 2 amide bonds. The lowest BCUT2D eigenvalue weighted by molar-refractivity contribution is 0.0938. The monoisotopic (exact) mass is 499 g/mol. The molecular formula is C25H26FN3O5S. The number of methoxy groups -OCH3 is 1. The van der Waals surface area contributed by atoms with Crippen LogP contribution in [0.15, 0.2) is 72.8 Å². The third-order valence-corrected chi connectivity index (χ3v) is 6.24. The van der Waals surface area contributed by atoms with E-state index in [9.17, 15) is 22.4 Å². The second-order valence-electron chi connectivity index (χ2n) is 7.66. The average Bonchev–Trinajstić information content (AvgIpc) is 2.83. The van der Waals surface area contributed by atoms with Crippen LogP contribution in [0.3, 0.4) is 0 Å². The lowest BCUT2D eigenvalue weighted by atomic mass is 10.1. The molecule has 2 N–H and O–H groups in total. The highest BCUT2D eigenvalue weighted by Crippen LogP contribution is 2.23. The number of halogens is 1. The Labute approximate surface area is 203 Å². The molecule has 0 saturated carbocycles. The summed E-state index contributed by atoms with van der Waals surface area (Å²) >= 11 is 0. The van der Waals surface area contributed by atoms with Crippen LogP contribution in [0.2, 0.25) is 0 Å². The molecule has 3 aromatic carbocycles. The highest BCUT2D eigenvalue weighted by Gasteiger charge is 2.20. The molecule has 0 radical (unpaired) electrons. The molecule has 0 spiro atoms. The minimum absolute atomic E-state index is 0.192. The molecule has 0 aliphatic heterocycles. The zero-order valence-electron chi connectivity index (χ0n) is 19.3. The van der Waals surface area contributed by atoms with E-state index in [4.69, 9.17) is 4.74 Å². The first kappa shape index (κ1) is 25.9. The maximum atomic E-state index is 14.1. The molecule has 0 fully saturated rings. The van der Waals surface area contributed by atoms with Crippen LogP contribution in [0.4, 0.5) is 15.8 Å². The van der Waals surface area contributed by atoms with Gasteiger partial charge in [-0.25, -0.2) is 12.8 Å². The Balaban J connectivity index is 1.78. The lowest BCUT2D eigenvalue weighted by Crippen LogP contribution is -2.29. The summed E-state index contributed by atoms with van der Waals surface area (Å²) in [5.74, 6) is -1.35. The molecule has 8 nitrogen and oxygen atoms in total. The predicted octanol–water partition coefficient (Wildman–Crippen LogP) is 3.42. The van der Waals surface area contributed by atoms with Gasteiger partial charge in [0, 0.05) is 24.8 Å². The third-order valence-electron chi connectivity index (χ3n) is 5.10. The SMILES string of the molecule is COCCNC(=O)c1ccccc1NC(=O)c1ccc(N(Cc2ccccc2F)S(C)(=O)=O)cc1. The summed E-state index contributed by atoms with van der Waals surface area (Å²) in [7, 11) is -2.20. The second-order valence-corrected chi connectivity index (χ2v) is 9.56. The van der Waals surface area contributed by atoms with E-state index < -0.39 is 21.7 Å². The van der Waals surface area contributed by atoms with Gasteiger partial charge < -0.3 is 15.4 Å². The molecule has 10 heteroatoms. The Morgan fingerprint density at radius 3 is 2.26 bits per heavy atom. The van der Waals surface area contributed by atoms with Gasteiger partial charge in [0.2, 0.25) is 10.0 Å². The van der Waals surface area contributed by atoms with Crippen molar-refractivity contribution in [2.45, 2.75) is 6.54 Å². The number of ether oxygens (including phenoxy) is 1. The van der Waals surface area contributed by atoms with E-state index in [1.165, 1.54) is 49.6 Å². The number of benzene rings is 3. The first-order valence-electron chi connectivity index (χ1n) is 10.7. The summed E-state index contributed by atoms with van der Waals surface area (Å²) in [6, 6.07) is 18.4. The van der Waals surface area contributed by atoms with E-state index in [-0.39, 0.29) is 29.3 Å². The van der Waals surface area contributed by atoms with Crippen LogP contribution in [-0.4, -0.2) is 46.7 Å². The van der Waals surface area contributed by atoms with Crippen molar-refractivity contribution in [3.63, 3.8) is 0 Å². The topological polar surface area (TPSA) is 105 Å². The average molecular weight is 500 g/mol. The molecule has 0 aliphatic carbocycles. The highest BCUT2D eigenvalue weighted by atomic mass is 32.2. The number of hydrogen-bond donors (Lipinski definition) is 2. The van der Waals surface area contributed by atoms with Gasteiger partial charge in [0.1, 0.15) is 5.82 Å². The van der Waals surface area contributed by atoms with Crippen molar-refractivity contribution in [2.75, 3.05) is 36.1 Å². The molecule has 3 rings (SSSR count). The molecule has 35 heavy (non-hydrogen) atoms. The van der Waals surface area contributed by atoms with Crippen molar-refractivity contribution in [3.05, 3.63) is 95.3 Å². The van der Waals surface area contributed by atoms with Crippen LogP contribution >= 0.6 is 0 Å². The van der Waals surface area contributed by atoms with Crippen molar-refractivity contribution in [2.24, 2.45) is 0 Å². The minimum atomic E-state index is -3.73. The van der Waals surface area contributed by atoms with Gasteiger partial charge in [0.25, 0.3) is 11.8 Å². The molecule has 0 bridgehead atoms. The van der Waals surface area contributed by atoms with Gasteiger partial charge in [0.05, 0.1) is 36.3 Å². The summed E-state index contributed by atoms with van der Waals surface area (Å²) in [5.41, 5.74) is 1.38. The zero-order chi connectivity index (χ0) is 25.4. The fourth-order valence-electron chi connectivity index (χ4n) is 3.31. The number of para-hydroxylation sites is 1. The second kappa shape index (κ2) is 11.6. The number of nitrogens with zero attached hydrogens (tertiary/aromatic N) is 1. The highest BCUT2D eigenvalue weighted by molar-refractivity contribution is 7.92. The van der Waals surface area contributed by atoms with Crippen LogP contribution in [-0.2, 0) is 21.3 Å². The number of anilines is 2. The van der Waals surface area contributed by atoms with E-state index in [1.54, 1.807) is 30.3 Å². The number of carbonyl (C=O) groups excluding carboxylic acids is 2. The Morgan fingerprint density at radius 1 is 0.943 bits per heavy atom. The van der Waals surface area contributed by atoms with Gasteiger partial charge in [-0.2, -0.15) is 0 Å². The third kappa shape index (κ3) is 6.87. The van der Waals surface area contributed by atoms with E-state index in [1.807, 2.05) is 0 Å². The van der Waals surface area contributed by atoms with Crippen molar-refractivity contribution in [3.8, 4) is 0 Å². The Bertz CT molecular complexity index is 1300. The Hall–Kier alpha value is -3.76. The van der Waals surface area contributed by atoms with Crippen molar-refractivity contribution in [1.29, 1.82) is 0 Å². The molecule has 0 aromatic heterocycles. The summed E-state index contributed by atoms with van der Waals surface area (Å²) < 4.78 is 44.8. The fraction of sp³-hybridized carbons (Fsp3) is 0.200. The Kier molecular flexibility index (Phi) is 8.56. The van der Waals surface area contributed by atoms with Crippen LogP contribution in [0.25, 0.3) is 0 Å². The van der Waals surface area contributed by atoms with Gasteiger partial charge >= 0.3 is 0 Å². The number of carbonyl (C=O) groups is 2. The number of rotatable bonds is 10. The van der Waals surface area contributed by atoms with E-state index in [0.29, 0.717) is 24.4 Å². The van der Waals surface area contributed by atoms with Gasteiger partial charge in [-0.15, -0.1) is 0 Å². The van der Waals surface area contributed by atoms with Gasteiger partial charge in [-0.1, -0.05) is 30.3 Å². The molecule has 0 aliphatic rings. The molecule has 0 atom stereocenters. The first-order valence-corrected chi connectivity index (χ1v) is 12.5. The molecular weight excluding hydrogens is 473 g/mol. The van der Waals surface area contributed by atoms with Crippen molar-refractivity contribution >= 4 is 33.2 Å². The van der Waals surface area contributed by atoms with Crippen LogP contribution in [0.5, 0.6) is 0 Å². The smallest absolute Gasteiger partial charge is 0.255 e. The summed E-state index contributed by atoms with van der Waals surface area (Å²) in [6.45, 7) is 0.486. The fourth-order valence-corrected chi connectivity index (χ4v) is 4.19. The summed E-state index contributed by atoms with van der Waals surface area (Å²) in [6.07, 6.45) is 1.03. The predicted molar refractivity (Wildman–Crippen MR) is 132 cm³/mol. The number of sulfonamides is 1. The largest absolute Gasteiger partial charge is 0.383 e. The molecule has 184 valence electrons. The Morgan fingerprint density at radius 2 is 1.60 bits per heavy atom. The maximum Gasteiger partial charge on any atom is 0.255 e. The van der Waals surface area contributed by atoms with Gasteiger partial charge in [0.15, 0.2) is 0 Å². The quantitative estimate of drug-likeness (QED) is 0.416. The first-order chi connectivity index (χ1) is 16.7. The number of nitrogens with one attached hydrogen (secondary N) is 2. The summed E-state index contributed by atoms with van der Waals surface area (Å²) in [4.78, 5) is 25.3. The summed E-state index contributed by atoms with van der Waals surface area (Å²) in [5, 5.41) is 5.42. The normalized spacial score (nSPS) is 11.1. The number of hydrogen-bond acceptors (Lipinski definition) is 5. The van der Waals surface area contributed by atoms with E-state index >= 15 is 0 Å². The van der Waals surface area contributed by atoms with Crippen molar-refractivity contribution in [1.82, 2.24) is 5.32 Å².